The highest BCUT2D eigenvalue weighted by molar-refractivity contribution is 5.18. The first kappa shape index (κ1) is 13.6. The first-order valence-electron chi connectivity index (χ1n) is 7.29. The third kappa shape index (κ3) is 4.11. The SMILES string of the molecule is OC[C@H](NCCC1CCCCC1)c1ccccc1. The van der Waals surface area contributed by atoms with E-state index in [-0.39, 0.29) is 12.6 Å². The minimum absolute atomic E-state index is 0.0924. The summed E-state index contributed by atoms with van der Waals surface area (Å²) >= 11 is 0. The van der Waals surface area contributed by atoms with Crippen LogP contribution in [0.5, 0.6) is 0 Å². The van der Waals surface area contributed by atoms with Crippen molar-refractivity contribution in [3.8, 4) is 0 Å². The topological polar surface area (TPSA) is 32.3 Å². The molecule has 0 heterocycles. The average molecular weight is 247 g/mol. The maximum Gasteiger partial charge on any atom is 0.0626 e. The van der Waals surface area contributed by atoms with E-state index in [9.17, 15) is 5.11 Å². The van der Waals surface area contributed by atoms with Crippen LogP contribution in [0.2, 0.25) is 0 Å². The molecule has 0 saturated heterocycles. The molecule has 1 atom stereocenters. The Balaban J connectivity index is 1.73. The summed E-state index contributed by atoms with van der Waals surface area (Å²) in [4.78, 5) is 0. The highest BCUT2D eigenvalue weighted by Crippen LogP contribution is 2.26. The largest absolute Gasteiger partial charge is 0.394 e. The quantitative estimate of drug-likeness (QED) is 0.808. The summed E-state index contributed by atoms with van der Waals surface area (Å²) in [6.07, 6.45) is 8.30. The van der Waals surface area contributed by atoms with E-state index in [0.29, 0.717) is 0 Å². The summed E-state index contributed by atoms with van der Waals surface area (Å²) in [7, 11) is 0. The molecule has 1 fully saturated rings. The molecule has 0 spiro atoms. The Morgan fingerprint density at radius 2 is 1.83 bits per heavy atom. The van der Waals surface area contributed by atoms with Crippen LogP contribution in [0.1, 0.15) is 50.1 Å². The third-order valence-electron chi connectivity index (χ3n) is 4.05. The van der Waals surface area contributed by atoms with Gasteiger partial charge in [-0.15, -0.1) is 0 Å². The zero-order valence-corrected chi connectivity index (χ0v) is 11.1. The molecule has 18 heavy (non-hydrogen) atoms. The van der Waals surface area contributed by atoms with Crippen molar-refractivity contribution >= 4 is 0 Å². The van der Waals surface area contributed by atoms with Crippen LogP contribution < -0.4 is 5.32 Å². The molecule has 1 saturated carbocycles. The summed E-state index contributed by atoms with van der Waals surface area (Å²) < 4.78 is 0. The summed E-state index contributed by atoms with van der Waals surface area (Å²) in [5.74, 6) is 0.904. The lowest BCUT2D eigenvalue weighted by molar-refractivity contribution is 0.238. The normalized spacial score (nSPS) is 18.7. The fourth-order valence-corrected chi connectivity index (χ4v) is 2.91. The maximum atomic E-state index is 9.45. The van der Waals surface area contributed by atoms with Crippen molar-refractivity contribution < 1.29 is 5.11 Å². The van der Waals surface area contributed by atoms with Gasteiger partial charge in [-0.2, -0.15) is 0 Å². The van der Waals surface area contributed by atoms with Crippen LogP contribution in [0.3, 0.4) is 0 Å². The van der Waals surface area contributed by atoms with Crippen LogP contribution in [-0.2, 0) is 0 Å². The number of aliphatic hydroxyl groups excluding tert-OH is 1. The van der Waals surface area contributed by atoms with Gasteiger partial charge in [-0.05, 0) is 24.4 Å². The Labute approximate surface area is 110 Å². The molecule has 0 amide bonds. The molecule has 0 aromatic heterocycles. The monoisotopic (exact) mass is 247 g/mol. The molecule has 1 aromatic carbocycles. The first-order valence-corrected chi connectivity index (χ1v) is 7.29. The summed E-state index contributed by atoms with van der Waals surface area (Å²) in [6, 6.07) is 10.3. The zero-order chi connectivity index (χ0) is 12.6. The predicted molar refractivity (Wildman–Crippen MR) is 75.5 cm³/mol. The Hall–Kier alpha value is -0.860. The summed E-state index contributed by atoms with van der Waals surface area (Å²) in [6.45, 7) is 1.19. The average Bonchev–Trinajstić information content (AvgIpc) is 2.46. The Morgan fingerprint density at radius 1 is 1.11 bits per heavy atom. The van der Waals surface area contributed by atoms with Gasteiger partial charge in [-0.25, -0.2) is 0 Å². The number of aliphatic hydroxyl groups is 1. The van der Waals surface area contributed by atoms with E-state index in [0.717, 1.165) is 12.5 Å². The highest BCUT2D eigenvalue weighted by atomic mass is 16.3. The van der Waals surface area contributed by atoms with Gasteiger partial charge in [0.25, 0.3) is 0 Å². The Kier molecular flexibility index (Phi) is 5.69. The maximum absolute atomic E-state index is 9.45. The molecule has 2 N–H and O–H groups in total. The van der Waals surface area contributed by atoms with Crippen molar-refractivity contribution in [3.63, 3.8) is 0 Å². The van der Waals surface area contributed by atoms with E-state index in [1.54, 1.807) is 0 Å². The van der Waals surface area contributed by atoms with E-state index in [1.165, 1.54) is 44.1 Å². The van der Waals surface area contributed by atoms with Gasteiger partial charge in [0.05, 0.1) is 12.6 Å². The number of nitrogens with one attached hydrogen (secondary N) is 1. The molecule has 0 aliphatic heterocycles. The number of rotatable bonds is 6. The molecule has 0 radical (unpaired) electrons. The zero-order valence-electron chi connectivity index (χ0n) is 11.1. The molecule has 1 aliphatic carbocycles. The molecular formula is C16H25NO. The van der Waals surface area contributed by atoms with Crippen molar-refractivity contribution in [2.45, 2.75) is 44.6 Å². The Morgan fingerprint density at radius 3 is 2.50 bits per heavy atom. The molecule has 1 aliphatic rings. The third-order valence-corrected chi connectivity index (χ3v) is 4.05. The van der Waals surface area contributed by atoms with E-state index < -0.39 is 0 Å². The lowest BCUT2D eigenvalue weighted by Gasteiger charge is -2.23. The van der Waals surface area contributed by atoms with Gasteiger partial charge in [0.15, 0.2) is 0 Å². The molecule has 100 valence electrons. The van der Waals surface area contributed by atoms with Crippen molar-refractivity contribution in [2.75, 3.05) is 13.2 Å². The van der Waals surface area contributed by atoms with Crippen molar-refractivity contribution in [3.05, 3.63) is 35.9 Å². The molecule has 0 bridgehead atoms. The molecular weight excluding hydrogens is 222 g/mol. The van der Waals surface area contributed by atoms with Gasteiger partial charge < -0.3 is 10.4 Å². The smallest absolute Gasteiger partial charge is 0.0626 e. The van der Waals surface area contributed by atoms with Crippen molar-refractivity contribution in [1.29, 1.82) is 0 Å². The summed E-state index contributed by atoms with van der Waals surface area (Å²) in [5.41, 5.74) is 1.18. The van der Waals surface area contributed by atoms with Crippen LogP contribution in [0.4, 0.5) is 0 Å². The van der Waals surface area contributed by atoms with Crippen LogP contribution >= 0.6 is 0 Å². The lowest BCUT2D eigenvalue weighted by Crippen LogP contribution is -2.27. The lowest BCUT2D eigenvalue weighted by atomic mass is 9.87. The van der Waals surface area contributed by atoms with Crippen LogP contribution in [0, 0.1) is 5.92 Å². The first-order chi connectivity index (χ1) is 8.90. The molecule has 2 nitrogen and oxygen atoms in total. The second-order valence-corrected chi connectivity index (χ2v) is 5.39. The van der Waals surface area contributed by atoms with E-state index >= 15 is 0 Å². The van der Waals surface area contributed by atoms with E-state index in [1.807, 2.05) is 18.2 Å². The van der Waals surface area contributed by atoms with E-state index in [4.69, 9.17) is 0 Å². The standard InChI is InChI=1S/C16H25NO/c18-13-16(15-9-5-2-6-10-15)17-12-11-14-7-3-1-4-8-14/h2,5-6,9-10,14,16-18H,1,3-4,7-8,11-13H2/t16-/m0/s1. The second kappa shape index (κ2) is 7.55. The van der Waals surface area contributed by atoms with Crippen LogP contribution in [-0.4, -0.2) is 18.3 Å². The van der Waals surface area contributed by atoms with Gasteiger partial charge in [0.2, 0.25) is 0 Å². The van der Waals surface area contributed by atoms with E-state index in [2.05, 4.69) is 17.4 Å². The second-order valence-electron chi connectivity index (χ2n) is 5.39. The minimum Gasteiger partial charge on any atom is -0.394 e. The number of hydrogen-bond acceptors (Lipinski definition) is 2. The van der Waals surface area contributed by atoms with Gasteiger partial charge in [-0.1, -0.05) is 62.4 Å². The molecule has 1 aromatic rings. The molecule has 2 rings (SSSR count). The fraction of sp³-hybridized carbons (Fsp3) is 0.625. The van der Waals surface area contributed by atoms with Gasteiger partial charge in [0.1, 0.15) is 0 Å². The highest BCUT2D eigenvalue weighted by Gasteiger charge is 2.14. The van der Waals surface area contributed by atoms with Crippen LogP contribution in [0.25, 0.3) is 0 Å². The Bertz CT molecular complexity index is 319. The predicted octanol–water partition coefficient (Wildman–Crippen LogP) is 3.28. The van der Waals surface area contributed by atoms with Gasteiger partial charge >= 0.3 is 0 Å². The molecule has 2 heteroatoms. The summed E-state index contributed by atoms with van der Waals surface area (Å²) in [5, 5.41) is 12.9. The number of benzene rings is 1. The fourth-order valence-electron chi connectivity index (χ4n) is 2.91. The van der Waals surface area contributed by atoms with Crippen LogP contribution in [0.15, 0.2) is 30.3 Å². The van der Waals surface area contributed by atoms with Crippen molar-refractivity contribution in [2.24, 2.45) is 5.92 Å². The van der Waals surface area contributed by atoms with Gasteiger partial charge in [0, 0.05) is 0 Å². The minimum atomic E-state index is 0.0924. The van der Waals surface area contributed by atoms with Crippen molar-refractivity contribution in [1.82, 2.24) is 5.32 Å². The van der Waals surface area contributed by atoms with Gasteiger partial charge in [-0.3, -0.25) is 0 Å². The molecule has 0 unspecified atom stereocenters. The number of hydrogen-bond donors (Lipinski definition) is 2.